The zero-order chi connectivity index (χ0) is 20.6. The number of halogens is 2. The minimum atomic E-state index is -3.51. The summed E-state index contributed by atoms with van der Waals surface area (Å²) in [5.41, 5.74) is 1.83. The maximum absolute atomic E-state index is 12.5. The standard InChI is InChI=1S/C20H27ClN4O2S.HI/c1-4-22-20(23-14-13-16-9-11-18(21)12-10-16)24-15-17-7-5-6-8-19(17)28(26,27)25(2)3;/h5-12H,4,13-15H2,1-3H3,(H2,22,23,24);1H. The van der Waals surface area contributed by atoms with Crippen molar-refractivity contribution in [2.45, 2.75) is 24.8 Å². The van der Waals surface area contributed by atoms with Gasteiger partial charge < -0.3 is 10.6 Å². The monoisotopic (exact) mass is 550 g/mol. The molecule has 0 spiro atoms. The highest BCUT2D eigenvalue weighted by Crippen LogP contribution is 2.19. The summed E-state index contributed by atoms with van der Waals surface area (Å²) in [5, 5.41) is 7.19. The summed E-state index contributed by atoms with van der Waals surface area (Å²) in [6.45, 7) is 3.66. The molecular weight excluding hydrogens is 523 g/mol. The van der Waals surface area contributed by atoms with Gasteiger partial charge in [-0.05, 0) is 42.7 Å². The summed E-state index contributed by atoms with van der Waals surface area (Å²) in [7, 11) is -0.461. The molecule has 2 rings (SSSR count). The van der Waals surface area contributed by atoms with Crippen molar-refractivity contribution in [1.82, 2.24) is 14.9 Å². The number of hydrogen-bond acceptors (Lipinski definition) is 3. The summed E-state index contributed by atoms with van der Waals surface area (Å²) in [4.78, 5) is 4.83. The van der Waals surface area contributed by atoms with Crippen LogP contribution >= 0.6 is 35.6 Å². The van der Waals surface area contributed by atoms with Crippen molar-refractivity contribution in [3.8, 4) is 0 Å². The number of nitrogens with one attached hydrogen (secondary N) is 2. The Kier molecular flexibility index (Phi) is 10.9. The van der Waals surface area contributed by atoms with Gasteiger partial charge in [0.05, 0.1) is 11.4 Å². The predicted octanol–water partition coefficient (Wildman–Crippen LogP) is 3.51. The van der Waals surface area contributed by atoms with Crippen LogP contribution in [0.4, 0.5) is 0 Å². The Balaban J connectivity index is 0.00000420. The van der Waals surface area contributed by atoms with Gasteiger partial charge in [-0.3, -0.25) is 0 Å². The van der Waals surface area contributed by atoms with Crippen LogP contribution in [0.15, 0.2) is 58.4 Å². The fraction of sp³-hybridized carbons (Fsp3) is 0.350. The van der Waals surface area contributed by atoms with E-state index in [4.69, 9.17) is 11.6 Å². The molecule has 2 aromatic rings. The van der Waals surface area contributed by atoms with E-state index in [1.54, 1.807) is 18.2 Å². The number of rotatable bonds is 8. The molecule has 2 N–H and O–H groups in total. The molecule has 0 saturated heterocycles. The normalized spacial score (nSPS) is 11.8. The van der Waals surface area contributed by atoms with Gasteiger partial charge in [0.25, 0.3) is 0 Å². The topological polar surface area (TPSA) is 73.8 Å². The first kappa shape index (κ1) is 25.7. The van der Waals surface area contributed by atoms with Crippen molar-refractivity contribution in [3.05, 3.63) is 64.7 Å². The largest absolute Gasteiger partial charge is 0.357 e. The quantitative estimate of drug-likeness (QED) is 0.300. The van der Waals surface area contributed by atoms with Crippen molar-refractivity contribution in [1.29, 1.82) is 0 Å². The van der Waals surface area contributed by atoms with Crippen molar-refractivity contribution in [2.24, 2.45) is 4.99 Å². The minimum Gasteiger partial charge on any atom is -0.357 e. The number of hydrogen-bond donors (Lipinski definition) is 2. The molecule has 2 aromatic carbocycles. The molecule has 0 unspecified atom stereocenters. The lowest BCUT2D eigenvalue weighted by Gasteiger charge is -2.15. The van der Waals surface area contributed by atoms with Gasteiger partial charge in [0.1, 0.15) is 0 Å². The van der Waals surface area contributed by atoms with Gasteiger partial charge in [0, 0.05) is 32.2 Å². The molecule has 6 nitrogen and oxygen atoms in total. The first-order valence-electron chi connectivity index (χ1n) is 9.11. The van der Waals surface area contributed by atoms with E-state index in [0.717, 1.165) is 11.4 Å². The lowest BCUT2D eigenvalue weighted by atomic mass is 10.1. The number of guanidine groups is 1. The molecule has 0 heterocycles. The van der Waals surface area contributed by atoms with E-state index < -0.39 is 10.0 Å². The molecule has 0 aromatic heterocycles. The van der Waals surface area contributed by atoms with Crippen LogP contribution in [0.1, 0.15) is 18.1 Å². The number of sulfonamides is 1. The van der Waals surface area contributed by atoms with E-state index >= 15 is 0 Å². The Morgan fingerprint density at radius 1 is 1.07 bits per heavy atom. The maximum Gasteiger partial charge on any atom is 0.242 e. The van der Waals surface area contributed by atoms with Crippen LogP contribution in [0.25, 0.3) is 0 Å². The Hall–Kier alpha value is -1.36. The zero-order valence-electron chi connectivity index (χ0n) is 16.9. The SMILES string of the molecule is CCNC(=NCc1ccccc1S(=O)(=O)N(C)C)NCCc1ccc(Cl)cc1.I. The van der Waals surface area contributed by atoms with E-state index in [1.165, 1.54) is 24.0 Å². The second-order valence-electron chi connectivity index (χ2n) is 6.39. The average Bonchev–Trinajstić information content (AvgIpc) is 2.67. The van der Waals surface area contributed by atoms with Crippen LogP contribution < -0.4 is 10.6 Å². The highest BCUT2D eigenvalue weighted by molar-refractivity contribution is 14.0. The van der Waals surface area contributed by atoms with Crippen LogP contribution in [-0.2, 0) is 23.0 Å². The highest BCUT2D eigenvalue weighted by Gasteiger charge is 2.20. The van der Waals surface area contributed by atoms with Crippen LogP contribution in [0.5, 0.6) is 0 Å². The summed E-state index contributed by atoms with van der Waals surface area (Å²) >= 11 is 5.91. The first-order chi connectivity index (χ1) is 13.3. The lowest BCUT2D eigenvalue weighted by Crippen LogP contribution is -2.38. The smallest absolute Gasteiger partial charge is 0.242 e. The molecule has 9 heteroatoms. The van der Waals surface area contributed by atoms with Crippen molar-refractivity contribution in [2.75, 3.05) is 27.2 Å². The summed E-state index contributed by atoms with van der Waals surface area (Å²) in [5.74, 6) is 0.647. The fourth-order valence-corrected chi connectivity index (χ4v) is 3.80. The van der Waals surface area contributed by atoms with Crippen molar-refractivity contribution >= 4 is 51.6 Å². The Morgan fingerprint density at radius 2 is 1.72 bits per heavy atom. The van der Waals surface area contributed by atoms with Gasteiger partial charge in [-0.25, -0.2) is 17.7 Å². The van der Waals surface area contributed by atoms with E-state index in [1.807, 2.05) is 37.3 Å². The molecule has 0 radical (unpaired) electrons. The molecule has 0 aliphatic carbocycles. The fourth-order valence-electron chi connectivity index (χ4n) is 2.57. The lowest BCUT2D eigenvalue weighted by molar-refractivity contribution is 0.519. The van der Waals surface area contributed by atoms with Crippen molar-refractivity contribution < 1.29 is 8.42 Å². The number of benzene rings is 2. The third-order valence-corrected chi connectivity index (χ3v) is 6.27. The highest BCUT2D eigenvalue weighted by atomic mass is 127. The van der Waals surface area contributed by atoms with Crippen molar-refractivity contribution in [3.63, 3.8) is 0 Å². The van der Waals surface area contributed by atoms with E-state index in [2.05, 4.69) is 15.6 Å². The van der Waals surface area contributed by atoms with Gasteiger partial charge in [-0.2, -0.15) is 0 Å². The molecule has 0 aliphatic rings. The maximum atomic E-state index is 12.5. The summed E-state index contributed by atoms with van der Waals surface area (Å²) < 4.78 is 26.2. The van der Waals surface area contributed by atoms with Crippen LogP contribution in [-0.4, -0.2) is 45.9 Å². The molecule has 0 saturated carbocycles. The van der Waals surface area contributed by atoms with Crippen LogP contribution in [0.2, 0.25) is 5.02 Å². The molecule has 0 fully saturated rings. The Labute approximate surface area is 195 Å². The molecule has 160 valence electrons. The number of aliphatic imine (C=N–C) groups is 1. The zero-order valence-corrected chi connectivity index (χ0v) is 20.8. The van der Waals surface area contributed by atoms with Crippen LogP contribution in [0.3, 0.4) is 0 Å². The molecule has 0 bridgehead atoms. The third kappa shape index (κ3) is 7.76. The van der Waals surface area contributed by atoms with Gasteiger partial charge in [-0.1, -0.05) is 41.9 Å². The Bertz CT molecular complexity index is 903. The van der Waals surface area contributed by atoms with Gasteiger partial charge in [0.15, 0.2) is 5.96 Å². The average molecular weight is 551 g/mol. The molecule has 0 aliphatic heterocycles. The Morgan fingerprint density at radius 3 is 2.34 bits per heavy atom. The molecule has 0 atom stereocenters. The van der Waals surface area contributed by atoms with E-state index in [0.29, 0.717) is 24.6 Å². The molecular formula is C20H28ClIN4O2S. The van der Waals surface area contributed by atoms with Gasteiger partial charge >= 0.3 is 0 Å². The van der Waals surface area contributed by atoms with E-state index in [9.17, 15) is 8.42 Å². The van der Waals surface area contributed by atoms with Gasteiger partial charge in [-0.15, -0.1) is 24.0 Å². The van der Waals surface area contributed by atoms with E-state index in [-0.39, 0.29) is 35.4 Å². The van der Waals surface area contributed by atoms with Crippen LogP contribution in [0, 0.1) is 0 Å². The first-order valence-corrected chi connectivity index (χ1v) is 10.9. The second kappa shape index (κ2) is 12.4. The summed E-state index contributed by atoms with van der Waals surface area (Å²) in [6.07, 6.45) is 0.827. The number of nitrogens with zero attached hydrogens (tertiary/aromatic N) is 2. The minimum absolute atomic E-state index is 0. The van der Waals surface area contributed by atoms with Gasteiger partial charge in [0.2, 0.25) is 10.0 Å². The second-order valence-corrected chi connectivity index (χ2v) is 8.95. The summed E-state index contributed by atoms with van der Waals surface area (Å²) in [6, 6.07) is 14.7. The molecule has 29 heavy (non-hydrogen) atoms. The predicted molar refractivity (Wildman–Crippen MR) is 131 cm³/mol. The third-order valence-electron chi connectivity index (χ3n) is 4.10. The molecule has 0 amide bonds.